The first-order valence-corrected chi connectivity index (χ1v) is 2.93. The monoisotopic (exact) mass is 152 g/mol. The lowest BCUT2D eigenvalue weighted by molar-refractivity contribution is -0.225. The molecule has 0 heterocycles. The van der Waals surface area contributed by atoms with Crippen molar-refractivity contribution in [1.82, 2.24) is 0 Å². The van der Waals surface area contributed by atoms with E-state index >= 15 is 0 Å². The molecule has 0 aliphatic carbocycles. The van der Waals surface area contributed by atoms with Crippen LogP contribution in [0.1, 0.15) is 20.8 Å². The molecule has 2 nitrogen and oxygen atoms in total. The maximum absolute atomic E-state index is 11.9. The summed E-state index contributed by atoms with van der Waals surface area (Å²) in [4.78, 5) is 10.5. The van der Waals surface area contributed by atoms with Gasteiger partial charge in [0.15, 0.2) is 0 Å². The van der Waals surface area contributed by atoms with Gasteiger partial charge in [-0.1, -0.05) is 13.8 Å². The van der Waals surface area contributed by atoms with E-state index in [0.717, 1.165) is 0 Å². The van der Waals surface area contributed by atoms with Gasteiger partial charge in [0.1, 0.15) is 0 Å². The Kier molecular flexibility index (Phi) is 2.75. The molecule has 4 heteroatoms. The minimum Gasteiger partial charge on any atom is -0.401 e. The van der Waals surface area contributed by atoms with Gasteiger partial charge in [0.2, 0.25) is 0 Å². The zero-order chi connectivity index (χ0) is 8.36. The van der Waals surface area contributed by atoms with Crippen LogP contribution in [0.15, 0.2) is 0 Å². The molecule has 0 unspecified atom stereocenters. The summed E-state index contributed by atoms with van der Waals surface area (Å²) in [5.74, 6) is -1.39. The van der Waals surface area contributed by atoms with E-state index in [-0.39, 0.29) is 0 Å². The van der Waals surface area contributed by atoms with E-state index in [1.54, 1.807) is 0 Å². The highest BCUT2D eigenvalue weighted by Gasteiger charge is 2.27. The molecule has 0 aliphatic rings. The highest BCUT2D eigenvalue weighted by atomic mass is 19.3. The van der Waals surface area contributed by atoms with Crippen molar-refractivity contribution < 1.29 is 18.3 Å². The van der Waals surface area contributed by atoms with E-state index in [4.69, 9.17) is 0 Å². The standard InChI is InChI=1S/C6H10F2O2/c1-4(2)5(9)10-6(3,7)8/h4H,1-3H3. The maximum Gasteiger partial charge on any atom is 0.396 e. The fourth-order valence-electron chi connectivity index (χ4n) is 0.294. The SMILES string of the molecule is CC(C)C(=O)OC(C)(F)F. The van der Waals surface area contributed by atoms with Crippen LogP contribution >= 0.6 is 0 Å². The van der Waals surface area contributed by atoms with Crippen LogP contribution in [0.2, 0.25) is 0 Å². The van der Waals surface area contributed by atoms with Crippen LogP contribution in [-0.2, 0) is 9.53 Å². The Balaban J connectivity index is 3.81. The zero-order valence-electron chi connectivity index (χ0n) is 6.15. The van der Waals surface area contributed by atoms with Gasteiger partial charge in [-0.05, 0) is 0 Å². The second-order valence-corrected chi connectivity index (χ2v) is 2.38. The minimum atomic E-state index is -3.35. The van der Waals surface area contributed by atoms with Crippen molar-refractivity contribution in [3.63, 3.8) is 0 Å². The van der Waals surface area contributed by atoms with E-state index in [2.05, 4.69) is 4.74 Å². The van der Waals surface area contributed by atoms with E-state index in [1.165, 1.54) is 13.8 Å². The van der Waals surface area contributed by atoms with Crippen LogP contribution in [0, 0.1) is 5.92 Å². The van der Waals surface area contributed by atoms with Gasteiger partial charge in [0.25, 0.3) is 0 Å². The molecule has 0 N–H and O–H groups in total. The molecular weight excluding hydrogens is 142 g/mol. The van der Waals surface area contributed by atoms with Crippen molar-refractivity contribution in [3.8, 4) is 0 Å². The van der Waals surface area contributed by atoms with Gasteiger partial charge in [-0.3, -0.25) is 4.79 Å². The van der Waals surface area contributed by atoms with E-state index in [1.807, 2.05) is 0 Å². The van der Waals surface area contributed by atoms with Crippen LogP contribution in [-0.4, -0.2) is 12.1 Å². The number of ether oxygens (including phenoxy) is 1. The molecule has 0 saturated carbocycles. The van der Waals surface area contributed by atoms with Crippen LogP contribution in [0.4, 0.5) is 8.78 Å². The third-order valence-electron chi connectivity index (χ3n) is 0.751. The molecule has 0 aromatic rings. The van der Waals surface area contributed by atoms with Gasteiger partial charge in [-0.15, -0.1) is 0 Å². The summed E-state index contributed by atoms with van der Waals surface area (Å²) in [6, 6.07) is 0. The average molecular weight is 152 g/mol. The minimum absolute atomic E-state index is 0.508. The van der Waals surface area contributed by atoms with Crippen molar-refractivity contribution in [2.45, 2.75) is 26.9 Å². The normalized spacial score (nSPS) is 11.8. The van der Waals surface area contributed by atoms with Gasteiger partial charge in [-0.25, -0.2) is 0 Å². The topological polar surface area (TPSA) is 26.3 Å². The second-order valence-electron chi connectivity index (χ2n) is 2.38. The summed E-state index contributed by atoms with van der Waals surface area (Å²) in [5.41, 5.74) is 0. The molecule has 0 rings (SSSR count). The van der Waals surface area contributed by atoms with E-state index < -0.39 is 18.0 Å². The Morgan fingerprint density at radius 1 is 1.50 bits per heavy atom. The van der Waals surface area contributed by atoms with E-state index in [9.17, 15) is 13.6 Å². The molecule has 0 aliphatic heterocycles. The van der Waals surface area contributed by atoms with Crippen molar-refractivity contribution in [3.05, 3.63) is 0 Å². The smallest absolute Gasteiger partial charge is 0.396 e. The predicted octanol–water partition coefficient (Wildman–Crippen LogP) is 1.80. The van der Waals surface area contributed by atoms with Crippen LogP contribution in [0.25, 0.3) is 0 Å². The van der Waals surface area contributed by atoms with E-state index in [0.29, 0.717) is 6.92 Å². The van der Waals surface area contributed by atoms with Gasteiger partial charge in [0, 0.05) is 6.92 Å². The third kappa shape index (κ3) is 4.23. The number of esters is 1. The first-order valence-electron chi connectivity index (χ1n) is 2.93. The Bertz CT molecular complexity index is 126. The summed E-state index contributed by atoms with van der Waals surface area (Å²) < 4.78 is 27.5. The number of alkyl halides is 2. The Morgan fingerprint density at radius 3 is 2.00 bits per heavy atom. The number of carbonyl (C=O) groups is 1. The number of carbonyl (C=O) groups excluding carboxylic acids is 1. The summed E-state index contributed by atoms with van der Waals surface area (Å²) in [6.07, 6.45) is -3.35. The summed E-state index contributed by atoms with van der Waals surface area (Å²) in [6.45, 7) is 3.52. The summed E-state index contributed by atoms with van der Waals surface area (Å²) in [7, 11) is 0. The molecule has 10 heavy (non-hydrogen) atoms. The molecule has 0 aromatic heterocycles. The lowest BCUT2D eigenvalue weighted by Crippen LogP contribution is -2.23. The number of halogens is 2. The number of hydrogen-bond acceptors (Lipinski definition) is 2. The molecule has 0 saturated heterocycles. The molecule has 60 valence electrons. The Morgan fingerprint density at radius 2 is 1.90 bits per heavy atom. The fourth-order valence-corrected chi connectivity index (χ4v) is 0.294. The highest BCUT2D eigenvalue weighted by Crippen LogP contribution is 2.15. The summed E-state index contributed by atoms with van der Waals surface area (Å²) in [5, 5.41) is 0. The Hall–Kier alpha value is -0.670. The zero-order valence-corrected chi connectivity index (χ0v) is 6.15. The predicted molar refractivity (Wildman–Crippen MR) is 31.6 cm³/mol. The van der Waals surface area contributed by atoms with Gasteiger partial charge >= 0.3 is 12.1 Å². The summed E-state index contributed by atoms with van der Waals surface area (Å²) >= 11 is 0. The quantitative estimate of drug-likeness (QED) is 0.564. The third-order valence-corrected chi connectivity index (χ3v) is 0.751. The second kappa shape index (κ2) is 2.94. The first-order chi connectivity index (χ1) is 4.33. The van der Waals surface area contributed by atoms with Crippen LogP contribution in [0.3, 0.4) is 0 Å². The highest BCUT2D eigenvalue weighted by molar-refractivity contribution is 5.71. The molecule has 0 radical (unpaired) electrons. The van der Waals surface area contributed by atoms with Crippen molar-refractivity contribution in [2.75, 3.05) is 0 Å². The van der Waals surface area contributed by atoms with Gasteiger partial charge < -0.3 is 4.74 Å². The first kappa shape index (κ1) is 9.33. The molecule has 0 spiro atoms. The molecular formula is C6H10F2O2. The molecule has 0 fully saturated rings. The van der Waals surface area contributed by atoms with Crippen LogP contribution < -0.4 is 0 Å². The van der Waals surface area contributed by atoms with Crippen molar-refractivity contribution >= 4 is 5.97 Å². The number of hydrogen-bond donors (Lipinski definition) is 0. The van der Waals surface area contributed by atoms with Crippen LogP contribution in [0.5, 0.6) is 0 Å². The molecule has 0 aromatic carbocycles. The molecule has 0 atom stereocenters. The largest absolute Gasteiger partial charge is 0.401 e. The average Bonchev–Trinajstić information content (AvgIpc) is 1.60. The van der Waals surface area contributed by atoms with Gasteiger partial charge in [0.05, 0.1) is 5.92 Å². The Labute approximate surface area is 58.2 Å². The fraction of sp³-hybridized carbons (Fsp3) is 0.833. The maximum atomic E-state index is 11.9. The van der Waals surface area contributed by atoms with Gasteiger partial charge in [-0.2, -0.15) is 8.78 Å². The van der Waals surface area contributed by atoms with Crippen molar-refractivity contribution in [1.29, 1.82) is 0 Å². The van der Waals surface area contributed by atoms with Crippen molar-refractivity contribution in [2.24, 2.45) is 5.92 Å². The molecule has 0 bridgehead atoms. The number of rotatable bonds is 2. The lowest BCUT2D eigenvalue weighted by Gasteiger charge is -2.12. The molecule has 0 amide bonds. The lowest BCUT2D eigenvalue weighted by atomic mass is 10.2.